The van der Waals surface area contributed by atoms with Crippen LogP contribution in [0.25, 0.3) is 0 Å². The lowest BCUT2D eigenvalue weighted by molar-refractivity contribution is -0.125. The van der Waals surface area contributed by atoms with Crippen LogP contribution in [-0.2, 0) is 4.79 Å². The molecular weight excluding hydrogens is 262 g/mol. The van der Waals surface area contributed by atoms with E-state index in [9.17, 15) is 4.79 Å². The first-order valence-electron chi connectivity index (χ1n) is 7.91. The summed E-state index contributed by atoms with van der Waals surface area (Å²) in [7, 11) is 0. The molecule has 0 bridgehead atoms. The van der Waals surface area contributed by atoms with E-state index in [1.54, 1.807) is 0 Å². The minimum absolute atomic E-state index is 0.0449. The maximum Gasteiger partial charge on any atom is 0.226 e. The minimum atomic E-state index is -0.0612. The highest BCUT2D eigenvalue weighted by Gasteiger charge is 2.34. The van der Waals surface area contributed by atoms with Gasteiger partial charge in [0.15, 0.2) is 0 Å². The quantitative estimate of drug-likeness (QED) is 0.754. The molecule has 3 unspecified atom stereocenters. The van der Waals surface area contributed by atoms with E-state index in [-0.39, 0.29) is 23.9 Å². The largest absolute Gasteiger partial charge is 0.353 e. The Labute approximate surface area is 127 Å². The van der Waals surface area contributed by atoms with Gasteiger partial charge in [0, 0.05) is 12.6 Å². The normalized spacial score (nSPS) is 23.2. The van der Waals surface area contributed by atoms with E-state index >= 15 is 0 Å². The second-order valence-corrected chi connectivity index (χ2v) is 6.40. The molecule has 1 fully saturated rings. The van der Waals surface area contributed by atoms with Crippen molar-refractivity contribution in [3.63, 3.8) is 0 Å². The summed E-state index contributed by atoms with van der Waals surface area (Å²) in [4.78, 5) is 12.5. The first kappa shape index (κ1) is 16.0. The number of carbonyl (C=O) groups is 1. The maximum absolute atomic E-state index is 12.5. The van der Waals surface area contributed by atoms with Crippen molar-refractivity contribution >= 4 is 5.91 Å². The van der Waals surface area contributed by atoms with E-state index in [1.807, 2.05) is 18.2 Å². The van der Waals surface area contributed by atoms with Crippen molar-refractivity contribution in [2.24, 2.45) is 11.8 Å². The third-order valence-corrected chi connectivity index (χ3v) is 4.04. The highest BCUT2D eigenvalue weighted by Crippen LogP contribution is 2.25. The van der Waals surface area contributed by atoms with Crippen molar-refractivity contribution in [1.82, 2.24) is 16.2 Å². The van der Waals surface area contributed by atoms with Gasteiger partial charge in [0.2, 0.25) is 5.91 Å². The Bertz CT molecular complexity index is 447. The lowest BCUT2D eigenvalue weighted by Crippen LogP contribution is -2.40. The van der Waals surface area contributed by atoms with E-state index in [0.29, 0.717) is 12.5 Å². The number of hydrogen-bond donors (Lipinski definition) is 3. The molecule has 3 atom stereocenters. The van der Waals surface area contributed by atoms with Crippen molar-refractivity contribution in [3.8, 4) is 0 Å². The molecule has 4 nitrogen and oxygen atoms in total. The van der Waals surface area contributed by atoms with Crippen LogP contribution in [0.3, 0.4) is 0 Å². The third kappa shape index (κ3) is 4.55. The van der Waals surface area contributed by atoms with Crippen LogP contribution in [0.1, 0.15) is 45.2 Å². The molecule has 1 aliphatic rings. The molecule has 0 aromatic heterocycles. The van der Waals surface area contributed by atoms with Crippen LogP contribution >= 0.6 is 0 Å². The molecule has 1 saturated heterocycles. The van der Waals surface area contributed by atoms with E-state index in [0.717, 1.165) is 18.4 Å². The van der Waals surface area contributed by atoms with E-state index in [2.05, 4.69) is 49.1 Å². The van der Waals surface area contributed by atoms with Gasteiger partial charge in [0.05, 0.1) is 12.0 Å². The van der Waals surface area contributed by atoms with Gasteiger partial charge in [0.25, 0.3) is 0 Å². The zero-order valence-corrected chi connectivity index (χ0v) is 13.2. The number of benzene rings is 1. The molecule has 1 amide bonds. The van der Waals surface area contributed by atoms with Gasteiger partial charge < -0.3 is 5.32 Å². The number of hydrogen-bond acceptors (Lipinski definition) is 3. The highest BCUT2D eigenvalue weighted by molar-refractivity contribution is 5.80. The summed E-state index contributed by atoms with van der Waals surface area (Å²) in [5, 5.41) is 3.16. The molecule has 1 aliphatic heterocycles. The first-order chi connectivity index (χ1) is 10.1. The Morgan fingerprint density at radius 1 is 1.24 bits per heavy atom. The Morgan fingerprint density at radius 3 is 2.62 bits per heavy atom. The second-order valence-electron chi connectivity index (χ2n) is 6.40. The Kier molecular flexibility index (Phi) is 5.76. The molecule has 0 aliphatic carbocycles. The monoisotopic (exact) mass is 289 g/mol. The molecule has 0 spiro atoms. The Balaban J connectivity index is 1.92. The van der Waals surface area contributed by atoms with Crippen molar-refractivity contribution in [2.75, 3.05) is 6.54 Å². The molecule has 0 radical (unpaired) electrons. The second kappa shape index (κ2) is 7.57. The van der Waals surface area contributed by atoms with E-state index < -0.39 is 0 Å². The van der Waals surface area contributed by atoms with Gasteiger partial charge in [-0.25, -0.2) is 5.43 Å². The SMILES string of the molecule is CC(C)CCC(C)NC(=O)C1CNNC1c1ccccc1. The fourth-order valence-electron chi connectivity index (χ4n) is 2.72. The average molecular weight is 289 g/mol. The van der Waals surface area contributed by atoms with E-state index in [1.165, 1.54) is 0 Å². The van der Waals surface area contributed by atoms with Crippen molar-refractivity contribution in [2.45, 2.75) is 45.7 Å². The summed E-state index contributed by atoms with van der Waals surface area (Å²) < 4.78 is 0. The fraction of sp³-hybridized carbons (Fsp3) is 0.588. The summed E-state index contributed by atoms with van der Waals surface area (Å²) in [6.07, 6.45) is 2.18. The summed E-state index contributed by atoms with van der Waals surface area (Å²) in [6.45, 7) is 7.19. The maximum atomic E-state index is 12.5. The Hall–Kier alpha value is -1.39. The molecule has 1 aromatic rings. The van der Waals surface area contributed by atoms with Crippen molar-refractivity contribution < 1.29 is 4.79 Å². The van der Waals surface area contributed by atoms with Gasteiger partial charge in [-0.2, -0.15) is 0 Å². The minimum Gasteiger partial charge on any atom is -0.353 e. The molecule has 0 saturated carbocycles. The molecule has 4 heteroatoms. The summed E-state index contributed by atoms with van der Waals surface area (Å²) >= 11 is 0. The van der Waals surface area contributed by atoms with Crippen LogP contribution in [0.2, 0.25) is 0 Å². The van der Waals surface area contributed by atoms with E-state index in [4.69, 9.17) is 0 Å². The van der Waals surface area contributed by atoms with Gasteiger partial charge in [-0.3, -0.25) is 10.2 Å². The van der Waals surface area contributed by atoms with Gasteiger partial charge >= 0.3 is 0 Å². The fourth-order valence-corrected chi connectivity index (χ4v) is 2.72. The lowest BCUT2D eigenvalue weighted by atomic mass is 9.93. The zero-order chi connectivity index (χ0) is 15.2. The van der Waals surface area contributed by atoms with Crippen molar-refractivity contribution in [3.05, 3.63) is 35.9 Å². The van der Waals surface area contributed by atoms with Gasteiger partial charge in [-0.05, 0) is 31.2 Å². The molecule has 2 rings (SSSR count). The number of hydrazine groups is 1. The highest BCUT2D eigenvalue weighted by atomic mass is 16.2. The third-order valence-electron chi connectivity index (χ3n) is 4.04. The van der Waals surface area contributed by atoms with Crippen molar-refractivity contribution in [1.29, 1.82) is 0 Å². The smallest absolute Gasteiger partial charge is 0.226 e. The summed E-state index contributed by atoms with van der Waals surface area (Å²) in [5.41, 5.74) is 7.48. The molecular formula is C17H27N3O. The predicted octanol–water partition coefficient (Wildman–Crippen LogP) is 2.39. The summed E-state index contributed by atoms with van der Waals surface area (Å²) in [6, 6.07) is 10.4. The van der Waals surface area contributed by atoms with Gasteiger partial charge in [-0.1, -0.05) is 44.2 Å². The first-order valence-corrected chi connectivity index (χ1v) is 7.91. The Morgan fingerprint density at radius 2 is 1.95 bits per heavy atom. The van der Waals surface area contributed by atoms with Crippen LogP contribution in [0.15, 0.2) is 30.3 Å². The van der Waals surface area contributed by atoms with Crippen LogP contribution < -0.4 is 16.2 Å². The standard InChI is InChI=1S/C17H27N3O/c1-12(2)9-10-13(3)19-17(21)15-11-18-20-16(15)14-7-5-4-6-8-14/h4-8,12-13,15-16,18,20H,9-11H2,1-3H3,(H,19,21). The topological polar surface area (TPSA) is 53.2 Å². The molecule has 21 heavy (non-hydrogen) atoms. The number of rotatable bonds is 6. The van der Waals surface area contributed by atoms with Gasteiger partial charge in [0.1, 0.15) is 0 Å². The molecule has 1 heterocycles. The number of amides is 1. The molecule has 3 N–H and O–H groups in total. The van der Waals surface area contributed by atoms with Crippen LogP contribution in [0, 0.1) is 11.8 Å². The van der Waals surface area contributed by atoms with Crippen LogP contribution in [0.4, 0.5) is 0 Å². The summed E-state index contributed by atoms with van der Waals surface area (Å²) in [5.74, 6) is 0.753. The average Bonchev–Trinajstić information content (AvgIpc) is 2.95. The number of carbonyl (C=O) groups excluding carboxylic acids is 1. The zero-order valence-electron chi connectivity index (χ0n) is 13.2. The predicted molar refractivity (Wildman–Crippen MR) is 85.5 cm³/mol. The van der Waals surface area contributed by atoms with Crippen LogP contribution in [-0.4, -0.2) is 18.5 Å². The number of nitrogens with one attached hydrogen (secondary N) is 3. The van der Waals surface area contributed by atoms with Crippen LogP contribution in [0.5, 0.6) is 0 Å². The lowest BCUT2D eigenvalue weighted by Gasteiger charge is -2.21. The molecule has 1 aromatic carbocycles. The van der Waals surface area contributed by atoms with Gasteiger partial charge in [-0.15, -0.1) is 0 Å². The molecule has 116 valence electrons.